The van der Waals surface area contributed by atoms with Gasteiger partial charge >= 0.3 is 0 Å². The topological polar surface area (TPSA) is 23.0 Å². The molecule has 0 amide bonds. The predicted molar refractivity (Wildman–Crippen MR) is 213 cm³/mol. The molecule has 11 aromatic rings. The SMILES string of the molecule is c1ccc(-c2cc(-c3ccc4c(c3)c3ccccc3n4-c3ccccc3)cc3c2oc2ccc(-n4c5ccccc5c5ccccc54)cc23)cc1. The van der Waals surface area contributed by atoms with E-state index in [1.807, 2.05) is 0 Å². The van der Waals surface area contributed by atoms with Gasteiger partial charge in [-0.3, -0.25) is 0 Å². The van der Waals surface area contributed by atoms with Crippen molar-refractivity contribution in [1.29, 1.82) is 0 Å². The number of furan rings is 1. The zero-order valence-electron chi connectivity index (χ0n) is 27.6. The minimum absolute atomic E-state index is 0.880. The van der Waals surface area contributed by atoms with E-state index in [9.17, 15) is 0 Å². The Morgan fingerprint density at radius 2 is 0.863 bits per heavy atom. The van der Waals surface area contributed by atoms with Crippen molar-refractivity contribution >= 4 is 65.6 Å². The smallest absolute Gasteiger partial charge is 0.143 e. The van der Waals surface area contributed by atoms with Gasteiger partial charge in [0.2, 0.25) is 0 Å². The lowest BCUT2D eigenvalue weighted by atomic mass is 9.95. The third kappa shape index (κ3) is 4.19. The molecule has 0 spiro atoms. The summed E-state index contributed by atoms with van der Waals surface area (Å²) in [5.41, 5.74) is 13.4. The molecule has 11 rings (SSSR count). The quantitative estimate of drug-likeness (QED) is 0.186. The monoisotopic (exact) mass is 650 g/mol. The molecule has 0 fully saturated rings. The van der Waals surface area contributed by atoms with Gasteiger partial charge in [0.25, 0.3) is 0 Å². The summed E-state index contributed by atoms with van der Waals surface area (Å²) < 4.78 is 11.5. The Morgan fingerprint density at radius 3 is 1.55 bits per heavy atom. The predicted octanol–water partition coefficient (Wildman–Crippen LogP) is 13.1. The summed E-state index contributed by atoms with van der Waals surface area (Å²) >= 11 is 0. The molecule has 0 radical (unpaired) electrons. The highest BCUT2D eigenvalue weighted by atomic mass is 16.3. The van der Waals surface area contributed by atoms with Gasteiger partial charge in [-0.15, -0.1) is 0 Å². The Morgan fingerprint density at radius 1 is 0.314 bits per heavy atom. The van der Waals surface area contributed by atoms with Gasteiger partial charge in [-0.1, -0.05) is 109 Å². The Labute approximate surface area is 293 Å². The van der Waals surface area contributed by atoms with Crippen molar-refractivity contribution in [2.45, 2.75) is 0 Å². The molecule has 3 heteroatoms. The third-order valence-electron chi connectivity index (χ3n) is 10.5. The highest BCUT2D eigenvalue weighted by molar-refractivity contribution is 6.14. The molecule has 0 saturated carbocycles. The van der Waals surface area contributed by atoms with Crippen molar-refractivity contribution in [3.8, 4) is 33.6 Å². The van der Waals surface area contributed by atoms with Crippen molar-refractivity contribution < 1.29 is 4.42 Å². The second-order valence-electron chi connectivity index (χ2n) is 13.3. The maximum atomic E-state index is 6.74. The number of rotatable bonds is 4. The number of hydrogen-bond donors (Lipinski definition) is 0. The van der Waals surface area contributed by atoms with Crippen LogP contribution in [0.2, 0.25) is 0 Å². The molecule has 3 nitrogen and oxygen atoms in total. The van der Waals surface area contributed by atoms with Gasteiger partial charge in [-0.2, -0.15) is 0 Å². The first-order chi connectivity index (χ1) is 25.3. The van der Waals surface area contributed by atoms with E-state index < -0.39 is 0 Å². The van der Waals surface area contributed by atoms with Crippen LogP contribution in [0.3, 0.4) is 0 Å². The minimum atomic E-state index is 0.880. The van der Waals surface area contributed by atoms with Gasteiger partial charge in [-0.05, 0) is 89.5 Å². The first-order valence-electron chi connectivity index (χ1n) is 17.4. The Kier molecular flexibility index (Phi) is 5.96. The summed E-state index contributed by atoms with van der Waals surface area (Å²) in [6, 6.07) is 65.4. The zero-order valence-corrected chi connectivity index (χ0v) is 27.6. The Hall–Kier alpha value is -6.84. The number of para-hydroxylation sites is 4. The molecule has 0 bridgehead atoms. The van der Waals surface area contributed by atoms with E-state index in [2.05, 4.69) is 191 Å². The van der Waals surface area contributed by atoms with Crippen LogP contribution in [0.25, 0.3) is 99.2 Å². The summed E-state index contributed by atoms with van der Waals surface area (Å²) in [6.45, 7) is 0. The summed E-state index contributed by atoms with van der Waals surface area (Å²) in [6.07, 6.45) is 0. The van der Waals surface area contributed by atoms with Crippen molar-refractivity contribution in [2.24, 2.45) is 0 Å². The molecular formula is C48H30N2O. The van der Waals surface area contributed by atoms with Crippen molar-refractivity contribution in [3.05, 3.63) is 182 Å². The van der Waals surface area contributed by atoms with E-state index in [4.69, 9.17) is 4.42 Å². The van der Waals surface area contributed by atoms with Crippen LogP contribution < -0.4 is 0 Å². The highest BCUT2D eigenvalue weighted by Crippen LogP contribution is 2.42. The average molecular weight is 651 g/mol. The fourth-order valence-corrected chi connectivity index (χ4v) is 8.21. The largest absolute Gasteiger partial charge is 0.455 e. The molecule has 51 heavy (non-hydrogen) atoms. The van der Waals surface area contributed by atoms with Gasteiger partial charge in [0.05, 0.1) is 22.1 Å². The van der Waals surface area contributed by atoms with E-state index in [1.54, 1.807) is 0 Å². The number of hydrogen-bond acceptors (Lipinski definition) is 1. The molecule has 0 aliphatic rings. The van der Waals surface area contributed by atoms with Crippen LogP contribution in [0.1, 0.15) is 0 Å². The number of nitrogens with zero attached hydrogens (tertiary/aromatic N) is 2. The van der Waals surface area contributed by atoms with Crippen LogP contribution in [0.15, 0.2) is 186 Å². The van der Waals surface area contributed by atoms with E-state index in [1.165, 1.54) is 49.2 Å². The molecule has 0 unspecified atom stereocenters. The number of aromatic nitrogens is 2. The zero-order chi connectivity index (χ0) is 33.5. The van der Waals surface area contributed by atoms with Crippen molar-refractivity contribution in [1.82, 2.24) is 9.13 Å². The van der Waals surface area contributed by atoms with E-state index >= 15 is 0 Å². The van der Waals surface area contributed by atoms with Crippen LogP contribution >= 0.6 is 0 Å². The van der Waals surface area contributed by atoms with Gasteiger partial charge in [0.15, 0.2) is 0 Å². The maximum absolute atomic E-state index is 6.74. The first kappa shape index (κ1) is 28.0. The number of fused-ring (bicyclic) bond motifs is 9. The fraction of sp³-hybridized carbons (Fsp3) is 0. The lowest BCUT2D eigenvalue weighted by molar-refractivity contribution is 0.670. The van der Waals surface area contributed by atoms with Gasteiger partial charge < -0.3 is 13.6 Å². The van der Waals surface area contributed by atoms with Gasteiger partial charge in [0, 0.05) is 49.3 Å². The van der Waals surface area contributed by atoms with Crippen LogP contribution in [-0.2, 0) is 0 Å². The summed E-state index contributed by atoms with van der Waals surface area (Å²) in [5.74, 6) is 0. The first-order valence-corrected chi connectivity index (χ1v) is 17.4. The molecule has 0 atom stereocenters. The lowest BCUT2D eigenvalue weighted by Crippen LogP contribution is -1.93. The Bertz CT molecular complexity index is 3070. The van der Waals surface area contributed by atoms with E-state index in [0.717, 1.165) is 50.0 Å². The van der Waals surface area contributed by atoms with Crippen molar-refractivity contribution in [2.75, 3.05) is 0 Å². The molecule has 0 saturated heterocycles. The van der Waals surface area contributed by atoms with Crippen molar-refractivity contribution in [3.63, 3.8) is 0 Å². The third-order valence-corrected chi connectivity index (χ3v) is 10.5. The van der Waals surface area contributed by atoms with Crippen LogP contribution in [-0.4, -0.2) is 9.13 Å². The summed E-state index contributed by atoms with van der Waals surface area (Å²) in [4.78, 5) is 0. The molecule has 0 aliphatic carbocycles. The summed E-state index contributed by atoms with van der Waals surface area (Å²) in [5, 5.41) is 7.19. The lowest BCUT2D eigenvalue weighted by Gasteiger charge is -2.10. The van der Waals surface area contributed by atoms with Crippen LogP contribution in [0, 0.1) is 0 Å². The molecule has 0 N–H and O–H groups in total. The van der Waals surface area contributed by atoms with E-state index in [0.29, 0.717) is 0 Å². The standard InChI is InChI=1S/C48H30N2O/c1-3-13-31(14-4-1)39-28-33(32-23-25-46-40(27-32)38-19-9-12-22-45(38)49(46)34-15-5-2-6-16-34)29-42-41-30-35(24-26-47(41)51-48(39)42)50-43-20-10-7-17-36(43)37-18-8-11-21-44(37)50/h1-30H. The molecule has 8 aromatic carbocycles. The maximum Gasteiger partial charge on any atom is 0.143 e. The van der Waals surface area contributed by atoms with Crippen LogP contribution in [0.4, 0.5) is 0 Å². The second kappa shape index (κ2) is 10.8. The average Bonchev–Trinajstić information content (AvgIpc) is 3.85. The minimum Gasteiger partial charge on any atom is -0.455 e. The van der Waals surface area contributed by atoms with E-state index in [-0.39, 0.29) is 0 Å². The highest BCUT2D eigenvalue weighted by Gasteiger charge is 2.19. The fourth-order valence-electron chi connectivity index (χ4n) is 8.21. The normalized spacial score (nSPS) is 11.9. The van der Waals surface area contributed by atoms with Gasteiger partial charge in [-0.25, -0.2) is 0 Å². The molecule has 238 valence electrons. The molecular weight excluding hydrogens is 621 g/mol. The number of benzene rings is 8. The van der Waals surface area contributed by atoms with Crippen LogP contribution in [0.5, 0.6) is 0 Å². The molecule has 3 heterocycles. The second-order valence-corrected chi connectivity index (χ2v) is 13.3. The Balaban J connectivity index is 1.17. The van der Waals surface area contributed by atoms with Gasteiger partial charge in [0.1, 0.15) is 11.2 Å². The molecule has 3 aromatic heterocycles. The molecule has 0 aliphatic heterocycles. The summed E-state index contributed by atoms with van der Waals surface area (Å²) in [7, 11) is 0.